The topological polar surface area (TPSA) is 47.0 Å². The fourth-order valence-electron chi connectivity index (χ4n) is 2.30. The molecular weight excluding hydrogens is 238 g/mol. The molecule has 1 aromatic heterocycles. The number of para-hydroxylation sites is 2. The molecule has 1 N–H and O–H groups in total. The molecule has 4 heteroatoms. The molecule has 4 nitrogen and oxygen atoms in total. The van der Waals surface area contributed by atoms with Gasteiger partial charge in [-0.1, -0.05) is 19.1 Å². The number of fused-ring (bicyclic) bond motifs is 1. The highest BCUT2D eigenvalue weighted by atomic mass is 16.5. The zero-order valence-electron chi connectivity index (χ0n) is 11.0. The highest BCUT2D eigenvalue weighted by Crippen LogP contribution is 2.25. The molecule has 1 aromatic carbocycles. The lowest BCUT2D eigenvalue weighted by Gasteiger charge is -2.18. The highest BCUT2D eigenvalue weighted by Gasteiger charge is 2.21. The zero-order chi connectivity index (χ0) is 13.1. The zero-order valence-corrected chi connectivity index (χ0v) is 11.0. The van der Waals surface area contributed by atoms with Crippen LogP contribution in [0.15, 0.2) is 42.3 Å². The van der Waals surface area contributed by atoms with E-state index in [0.29, 0.717) is 0 Å². The van der Waals surface area contributed by atoms with Crippen molar-refractivity contribution in [1.82, 2.24) is 15.3 Å². The van der Waals surface area contributed by atoms with E-state index in [1.54, 1.807) is 0 Å². The number of nitrogens with zero attached hydrogens (tertiary/aromatic N) is 2. The molecule has 1 aliphatic heterocycles. The lowest BCUT2D eigenvalue weighted by molar-refractivity contribution is 0.215. The number of aromatic nitrogens is 2. The average molecular weight is 255 g/mol. The van der Waals surface area contributed by atoms with Crippen molar-refractivity contribution in [3.05, 3.63) is 48.0 Å². The van der Waals surface area contributed by atoms with E-state index in [9.17, 15) is 0 Å². The molecule has 3 rings (SSSR count). The van der Waals surface area contributed by atoms with Gasteiger partial charge in [0.1, 0.15) is 11.8 Å². The molecule has 0 saturated carbocycles. The molecule has 1 aliphatic rings. The van der Waals surface area contributed by atoms with Crippen LogP contribution in [-0.4, -0.2) is 23.1 Å². The van der Waals surface area contributed by atoms with Gasteiger partial charge in [0.25, 0.3) is 0 Å². The van der Waals surface area contributed by atoms with Crippen LogP contribution in [-0.2, 0) is 4.74 Å². The first-order chi connectivity index (χ1) is 9.38. The van der Waals surface area contributed by atoms with E-state index in [1.807, 2.05) is 30.5 Å². The summed E-state index contributed by atoms with van der Waals surface area (Å²) in [6.45, 7) is 3.70. The van der Waals surface area contributed by atoms with Crippen LogP contribution in [0.25, 0.3) is 11.0 Å². The van der Waals surface area contributed by atoms with Crippen LogP contribution in [0.2, 0.25) is 0 Å². The SMILES string of the molecule is CCNC(C1=CCCO1)c1cnc2ccccc2n1. The smallest absolute Gasteiger partial charge is 0.115 e. The lowest BCUT2D eigenvalue weighted by atomic mass is 10.1. The van der Waals surface area contributed by atoms with E-state index in [1.165, 1.54) is 0 Å². The first-order valence-electron chi connectivity index (χ1n) is 6.66. The van der Waals surface area contributed by atoms with E-state index in [2.05, 4.69) is 23.3 Å². The van der Waals surface area contributed by atoms with E-state index < -0.39 is 0 Å². The molecule has 1 atom stereocenters. The maximum atomic E-state index is 5.66. The first kappa shape index (κ1) is 12.1. The Morgan fingerprint density at radius 1 is 1.32 bits per heavy atom. The third-order valence-corrected chi connectivity index (χ3v) is 3.19. The van der Waals surface area contributed by atoms with Crippen molar-refractivity contribution in [3.63, 3.8) is 0 Å². The van der Waals surface area contributed by atoms with Crippen molar-refractivity contribution < 1.29 is 4.74 Å². The Labute approximate surface area is 112 Å². The second-order valence-electron chi connectivity index (χ2n) is 4.52. The summed E-state index contributed by atoms with van der Waals surface area (Å²) in [4.78, 5) is 9.16. The second kappa shape index (κ2) is 5.36. The summed E-state index contributed by atoms with van der Waals surface area (Å²) in [7, 11) is 0. The number of hydrogen-bond acceptors (Lipinski definition) is 4. The van der Waals surface area contributed by atoms with Crippen LogP contribution in [0, 0.1) is 0 Å². The second-order valence-corrected chi connectivity index (χ2v) is 4.52. The highest BCUT2D eigenvalue weighted by molar-refractivity contribution is 5.73. The van der Waals surface area contributed by atoms with Crippen molar-refractivity contribution >= 4 is 11.0 Å². The number of rotatable bonds is 4. The molecule has 2 heterocycles. The van der Waals surface area contributed by atoms with E-state index in [4.69, 9.17) is 9.72 Å². The molecule has 0 aliphatic carbocycles. The molecule has 19 heavy (non-hydrogen) atoms. The van der Waals surface area contributed by atoms with Crippen molar-refractivity contribution in [2.75, 3.05) is 13.2 Å². The molecule has 0 bridgehead atoms. The number of benzene rings is 1. The number of ether oxygens (including phenoxy) is 1. The minimum absolute atomic E-state index is 0.00426. The van der Waals surface area contributed by atoms with Gasteiger partial charge >= 0.3 is 0 Å². The Balaban J connectivity index is 1.99. The summed E-state index contributed by atoms with van der Waals surface area (Å²) in [6.07, 6.45) is 4.93. The van der Waals surface area contributed by atoms with Crippen LogP contribution in [0.1, 0.15) is 25.1 Å². The molecule has 0 amide bonds. The van der Waals surface area contributed by atoms with Gasteiger partial charge in [0.15, 0.2) is 0 Å². The molecule has 98 valence electrons. The Kier molecular flexibility index (Phi) is 3.42. The molecule has 1 unspecified atom stereocenters. The van der Waals surface area contributed by atoms with Gasteiger partial charge in [0.05, 0.1) is 29.5 Å². The van der Waals surface area contributed by atoms with Gasteiger partial charge in [-0.3, -0.25) is 4.98 Å². The summed E-state index contributed by atoms with van der Waals surface area (Å²) in [5, 5.41) is 3.41. The quantitative estimate of drug-likeness (QED) is 0.912. The molecule has 0 radical (unpaired) electrons. The monoisotopic (exact) mass is 255 g/mol. The number of nitrogens with one attached hydrogen (secondary N) is 1. The summed E-state index contributed by atoms with van der Waals surface area (Å²) in [6, 6.07) is 7.91. The standard InChI is InChI=1S/C15H17N3O/c1-2-16-15(14-8-5-9-19-14)13-10-17-11-6-3-4-7-12(11)18-13/h3-4,6-8,10,15-16H,2,5,9H2,1H3. The van der Waals surface area contributed by atoms with E-state index in [-0.39, 0.29) is 6.04 Å². The van der Waals surface area contributed by atoms with Gasteiger partial charge < -0.3 is 10.1 Å². The largest absolute Gasteiger partial charge is 0.496 e. The maximum absolute atomic E-state index is 5.66. The van der Waals surface area contributed by atoms with Gasteiger partial charge in [0.2, 0.25) is 0 Å². The summed E-state index contributed by atoms with van der Waals surface area (Å²) in [5.41, 5.74) is 2.75. The third kappa shape index (κ3) is 2.44. The van der Waals surface area contributed by atoms with Crippen molar-refractivity contribution in [2.24, 2.45) is 0 Å². The first-order valence-corrected chi connectivity index (χ1v) is 6.66. The van der Waals surface area contributed by atoms with Crippen LogP contribution < -0.4 is 5.32 Å². The maximum Gasteiger partial charge on any atom is 0.115 e. The molecule has 0 saturated heterocycles. The van der Waals surface area contributed by atoms with Gasteiger partial charge in [-0.2, -0.15) is 0 Å². The van der Waals surface area contributed by atoms with Crippen LogP contribution in [0.4, 0.5) is 0 Å². The Hall–Kier alpha value is -1.94. The molecular formula is C15H17N3O. The molecule has 0 fully saturated rings. The minimum atomic E-state index is 0.00426. The third-order valence-electron chi connectivity index (χ3n) is 3.19. The average Bonchev–Trinajstić information content (AvgIpc) is 2.98. The number of hydrogen-bond donors (Lipinski definition) is 1. The van der Waals surface area contributed by atoms with Gasteiger partial charge in [-0.25, -0.2) is 4.98 Å². The lowest BCUT2D eigenvalue weighted by Crippen LogP contribution is -2.24. The predicted molar refractivity (Wildman–Crippen MR) is 74.6 cm³/mol. The van der Waals surface area contributed by atoms with Crippen LogP contribution in [0.3, 0.4) is 0 Å². The summed E-state index contributed by atoms with van der Waals surface area (Å²) >= 11 is 0. The van der Waals surface area contributed by atoms with Crippen molar-refractivity contribution in [3.8, 4) is 0 Å². The summed E-state index contributed by atoms with van der Waals surface area (Å²) in [5.74, 6) is 0.964. The predicted octanol–water partition coefficient (Wildman–Crippen LogP) is 2.58. The number of likely N-dealkylation sites (N-methyl/N-ethyl adjacent to an activating group) is 1. The fourth-order valence-corrected chi connectivity index (χ4v) is 2.30. The Morgan fingerprint density at radius 2 is 2.16 bits per heavy atom. The molecule has 2 aromatic rings. The van der Waals surface area contributed by atoms with E-state index >= 15 is 0 Å². The molecule has 0 spiro atoms. The van der Waals surface area contributed by atoms with Crippen molar-refractivity contribution in [2.45, 2.75) is 19.4 Å². The van der Waals surface area contributed by atoms with Crippen LogP contribution >= 0.6 is 0 Å². The Bertz CT molecular complexity index is 609. The Morgan fingerprint density at radius 3 is 2.89 bits per heavy atom. The van der Waals surface area contributed by atoms with Gasteiger partial charge in [-0.15, -0.1) is 0 Å². The van der Waals surface area contributed by atoms with Gasteiger partial charge in [0, 0.05) is 6.42 Å². The van der Waals surface area contributed by atoms with Crippen LogP contribution in [0.5, 0.6) is 0 Å². The van der Waals surface area contributed by atoms with E-state index in [0.717, 1.165) is 42.1 Å². The fraction of sp³-hybridized carbons (Fsp3) is 0.333. The van der Waals surface area contributed by atoms with Gasteiger partial charge in [-0.05, 0) is 24.8 Å². The normalized spacial score (nSPS) is 16.2. The minimum Gasteiger partial charge on any atom is -0.496 e. The van der Waals surface area contributed by atoms with Crippen molar-refractivity contribution in [1.29, 1.82) is 0 Å². The summed E-state index contributed by atoms with van der Waals surface area (Å²) < 4.78 is 5.66.